The highest BCUT2D eigenvalue weighted by Crippen LogP contribution is 2.19. The van der Waals surface area contributed by atoms with Crippen molar-refractivity contribution in [2.75, 3.05) is 25.6 Å². The standard InChI is InChI=1S/C19H21BrN2O4/c1-13(26-15-9-7-14(20)8-10-15)18(23)22-17-6-4-3-5-16(17)19(24)21-11-12-25-2/h3-10,13H,11-12H2,1-2H3,(H,21,24)(H,22,23)/t13-/m0/s1. The van der Waals surface area contributed by atoms with Gasteiger partial charge in [-0.1, -0.05) is 28.1 Å². The van der Waals surface area contributed by atoms with E-state index in [9.17, 15) is 9.59 Å². The van der Waals surface area contributed by atoms with Gasteiger partial charge in [0.25, 0.3) is 11.8 Å². The van der Waals surface area contributed by atoms with Crippen LogP contribution in [-0.2, 0) is 9.53 Å². The normalized spacial score (nSPS) is 11.5. The van der Waals surface area contributed by atoms with Gasteiger partial charge in [-0.2, -0.15) is 0 Å². The van der Waals surface area contributed by atoms with Gasteiger partial charge in [-0.15, -0.1) is 0 Å². The van der Waals surface area contributed by atoms with Gasteiger partial charge in [-0.05, 0) is 43.3 Å². The Morgan fingerprint density at radius 2 is 1.81 bits per heavy atom. The molecule has 0 heterocycles. The van der Waals surface area contributed by atoms with E-state index in [1.807, 2.05) is 12.1 Å². The summed E-state index contributed by atoms with van der Waals surface area (Å²) in [5.74, 6) is -0.0362. The lowest BCUT2D eigenvalue weighted by atomic mass is 10.1. The summed E-state index contributed by atoms with van der Waals surface area (Å²) < 4.78 is 11.5. The number of hydrogen-bond acceptors (Lipinski definition) is 4. The first kappa shape index (κ1) is 19.9. The van der Waals surface area contributed by atoms with E-state index in [0.717, 1.165) is 4.47 Å². The van der Waals surface area contributed by atoms with E-state index in [4.69, 9.17) is 9.47 Å². The number of methoxy groups -OCH3 is 1. The summed E-state index contributed by atoms with van der Waals surface area (Å²) in [4.78, 5) is 24.7. The summed E-state index contributed by atoms with van der Waals surface area (Å²) in [6.45, 7) is 2.46. The number of carbonyl (C=O) groups is 2. The van der Waals surface area contributed by atoms with Crippen molar-refractivity contribution in [3.05, 3.63) is 58.6 Å². The molecule has 2 amide bonds. The SMILES string of the molecule is COCCNC(=O)c1ccccc1NC(=O)[C@H](C)Oc1ccc(Br)cc1. The molecule has 2 rings (SSSR count). The van der Waals surface area contributed by atoms with Crippen molar-refractivity contribution in [3.63, 3.8) is 0 Å². The van der Waals surface area contributed by atoms with Gasteiger partial charge in [0, 0.05) is 18.1 Å². The number of carbonyl (C=O) groups excluding carboxylic acids is 2. The second-order valence-electron chi connectivity index (χ2n) is 5.50. The van der Waals surface area contributed by atoms with Crippen LogP contribution >= 0.6 is 15.9 Å². The van der Waals surface area contributed by atoms with Crippen molar-refractivity contribution in [3.8, 4) is 5.75 Å². The van der Waals surface area contributed by atoms with Gasteiger partial charge in [-0.3, -0.25) is 9.59 Å². The Bertz CT molecular complexity index is 749. The molecule has 2 aromatic rings. The largest absolute Gasteiger partial charge is 0.481 e. The van der Waals surface area contributed by atoms with Crippen LogP contribution < -0.4 is 15.4 Å². The molecule has 1 atom stereocenters. The van der Waals surface area contributed by atoms with Crippen LogP contribution in [0.1, 0.15) is 17.3 Å². The maximum absolute atomic E-state index is 12.4. The van der Waals surface area contributed by atoms with Crippen LogP contribution in [0.25, 0.3) is 0 Å². The Morgan fingerprint density at radius 1 is 1.12 bits per heavy atom. The fourth-order valence-corrected chi connectivity index (χ4v) is 2.42. The van der Waals surface area contributed by atoms with Gasteiger partial charge in [-0.25, -0.2) is 0 Å². The van der Waals surface area contributed by atoms with Crippen molar-refractivity contribution < 1.29 is 19.1 Å². The van der Waals surface area contributed by atoms with Crippen molar-refractivity contribution >= 4 is 33.4 Å². The number of rotatable bonds is 8. The Kier molecular flexibility index (Phi) is 7.62. The molecule has 0 radical (unpaired) electrons. The van der Waals surface area contributed by atoms with Gasteiger partial charge in [0.15, 0.2) is 6.10 Å². The fourth-order valence-electron chi connectivity index (χ4n) is 2.16. The minimum atomic E-state index is -0.721. The molecule has 2 aromatic carbocycles. The Balaban J connectivity index is 2.01. The molecule has 0 aliphatic carbocycles. The highest BCUT2D eigenvalue weighted by molar-refractivity contribution is 9.10. The lowest BCUT2D eigenvalue weighted by molar-refractivity contribution is -0.122. The molecule has 2 N–H and O–H groups in total. The van der Waals surface area contributed by atoms with E-state index in [1.165, 1.54) is 0 Å². The molecular formula is C19H21BrN2O4. The summed E-state index contributed by atoms with van der Waals surface area (Å²) in [6, 6.07) is 14.0. The summed E-state index contributed by atoms with van der Waals surface area (Å²) in [6.07, 6.45) is -0.721. The molecule has 0 aromatic heterocycles. The van der Waals surface area contributed by atoms with Gasteiger partial charge in [0.2, 0.25) is 0 Å². The number of amides is 2. The van der Waals surface area contributed by atoms with Crippen LogP contribution in [0.4, 0.5) is 5.69 Å². The quantitative estimate of drug-likeness (QED) is 0.642. The topological polar surface area (TPSA) is 76.7 Å². The molecule has 0 fully saturated rings. The number of ether oxygens (including phenoxy) is 2. The molecule has 0 saturated heterocycles. The molecule has 0 aliphatic rings. The van der Waals surface area contributed by atoms with E-state index >= 15 is 0 Å². The predicted octanol–water partition coefficient (Wildman–Crippen LogP) is 3.23. The molecule has 0 unspecified atom stereocenters. The summed E-state index contributed by atoms with van der Waals surface area (Å²) >= 11 is 3.35. The summed E-state index contributed by atoms with van der Waals surface area (Å²) in [5.41, 5.74) is 0.812. The number of halogens is 1. The second kappa shape index (κ2) is 9.94. The zero-order valence-corrected chi connectivity index (χ0v) is 16.2. The third-order valence-corrected chi connectivity index (χ3v) is 4.05. The van der Waals surface area contributed by atoms with Crippen molar-refractivity contribution in [1.29, 1.82) is 0 Å². The monoisotopic (exact) mass is 420 g/mol. The molecule has 138 valence electrons. The lowest BCUT2D eigenvalue weighted by Gasteiger charge is -2.16. The predicted molar refractivity (Wildman–Crippen MR) is 104 cm³/mol. The molecule has 26 heavy (non-hydrogen) atoms. The summed E-state index contributed by atoms with van der Waals surface area (Å²) in [7, 11) is 1.56. The van der Waals surface area contributed by atoms with Crippen molar-refractivity contribution in [2.24, 2.45) is 0 Å². The van der Waals surface area contributed by atoms with E-state index in [2.05, 4.69) is 26.6 Å². The molecule has 6 nitrogen and oxygen atoms in total. The second-order valence-corrected chi connectivity index (χ2v) is 6.41. The van der Waals surface area contributed by atoms with E-state index < -0.39 is 6.10 Å². The zero-order valence-electron chi connectivity index (χ0n) is 14.6. The Morgan fingerprint density at radius 3 is 2.50 bits per heavy atom. The Hall–Kier alpha value is -2.38. The van der Waals surface area contributed by atoms with Crippen LogP contribution in [0.5, 0.6) is 5.75 Å². The smallest absolute Gasteiger partial charge is 0.265 e. The zero-order chi connectivity index (χ0) is 18.9. The minimum absolute atomic E-state index is 0.278. The van der Waals surface area contributed by atoms with Crippen LogP contribution in [0, 0.1) is 0 Å². The van der Waals surface area contributed by atoms with E-state index in [-0.39, 0.29) is 11.8 Å². The highest BCUT2D eigenvalue weighted by atomic mass is 79.9. The van der Waals surface area contributed by atoms with Crippen LogP contribution in [0.3, 0.4) is 0 Å². The van der Waals surface area contributed by atoms with E-state index in [0.29, 0.717) is 30.2 Å². The number of para-hydroxylation sites is 1. The molecule has 0 saturated carbocycles. The van der Waals surface area contributed by atoms with Crippen LogP contribution in [-0.4, -0.2) is 38.2 Å². The highest BCUT2D eigenvalue weighted by Gasteiger charge is 2.18. The van der Waals surface area contributed by atoms with Gasteiger partial charge in [0.05, 0.1) is 17.9 Å². The maximum atomic E-state index is 12.4. The van der Waals surface area contributed by atoms with Crippen LogP contribution in [0.15, 0.2) is 53.0 Å². The maximum Gasteiger partial charge on any atom is 0.265 e. The first-order valence-corrected chi connectivity index (χ1v) is 8.90. The molecule has 0 bridgehead atoms. The van der Waals surface area contributed by atoms with Gasteiger partial charge >= 0.3 is 0 Å². The van der Waals surface area contributed by atoms with Gasteiger partial charge < -0.3 is 20.1 Å². The van der Waals surface area contributed by atoms with Crippen molar-refractivity contribution in [1.82, 2.24) is 5.32 Å². The third kappa shape index (κ3) is 5.86. The first-order chi connectivity index (χ1) is 12.5. The average molecular weight is 421 g/mol. The summed E-state index contributed by atoms with van der Waals surface area (Å²) in [5, 5.41) is 5.48. The molecule has 0 spiro atoms. The number of hydrogen-bond donors (Lipinski definition) is 2. The van der Waals surface area contributed by atoms with E-state index in [1.54, 1.807) is 50.4 Å². The number of benzene rings is 2. The molecular weight excluding hydrogens is 400 g/mol. The fraction of sp³-hybridized carbons (Fsp3) is 0.263. The minimum Gasteiger partial charge on any atom is -0.481 e. The number of nitrogens with one attached hydrogen (secondary N) is 2. The average Bonchev–Trinajstić information content (AvgIpc) is 2.64. The van der Waals surface area contributed by atoms with Crippen LogP contribution in [0.2, 0.25) is 0 Å². The Labute approximate surface area is 161 Å². The third-order valence-electron chi connectivity index (χ3n) is 3.52. The number of anilines is 1. The molecule has 7 heteroatoms. The first-order valence-electron chi connectivity index (χ1n) is 8.10. The van der Waals surface area contributed by atoms with Gasteiger partial charge in [0.1, 0.15) is 5.75 Å². The lowest BCUT2D eigenvalue weighted by Crippen LogP contribution is -2.32. The van der Waals surface area contributed by atoms with Crippen molar-refractivity contribution in [2.45, 2.75) is 13.0 Å². The molecule has 0 aliphatic heterocycles.